The maximum absolute atomic E-state index is 2.55. The third-order valence-corrected chi connectivity index (χ3v) is 10.5. The molecule has 0 nitrogen and oxygen atoms in total. The van der Waals surface area contributed by atoms with E-state index >= 15 is 0 Å². The second-order valence-corrected chi connectivity index (χ2v) is 12.4. The highest BCUT2D eigenvalue weighted by Gasteiger charge is 2.41. The normalized spacial score (nSPS) is 14.6. The zero-order chi connectivity index (χ0) is 25.7. The standard InChI is InChI=1S/C40H24/c1-2-4-21(5-3-1)22-6-8-23(9-7-22)31-20-30-18-28-13-12-26-16-24-10-11-25-17-27-14-15-29-19-32(31)40-38(29)36(27)34(25)33(24)35(26)37(28)39(30)40/h1-15,20H,16-19H2. The average Bonchev–Trinajstić information content (AvgIpc) is 3.74. The van der Waals surface area contributed by atoms with Crippen LogP contribution in [0, 0.1) is 0 Å². The zero-order valence-electron chi connectivity index (χ0n) is 22.1. The third-order valence-electron chi connectivity index (χ3n) is 10.5. The number of benzene rings is 6. The fraction of sp³-hybridized carbons (Fsp3) is 0.100. The lowest BCUT2D eigenvalue weighted by molar-refractivity contribution is 1.21. The van der Waals surface area contributed by atoms with Gasteiger partial charge in [0.2, 0.25) is 0 Å². The zero-order valence-corrected chi connectivity index (χ0v) is 22.1. The van der Waals surface area contributed by atoms with Crippen LogP contribution < -0.4 is 0 Å². The minimum Gasteiger partial charge on any atom is -0.0622 e. The smallest absolute Gasteiger partial charge is 0.000682 e. The second-order valence-electron chi connectivity index (χ2n) is 12.4. The van der Waals surface area contributed by atoms with Crippen molar-refractivity contribution in [2.45, 2.75) is 25.7 Å². The van der Waals surface area contributed by atoms with Gasteiger partial charge < -0.3 is 0 Å². The molecule has 6 aromatic carbocycles. The summed E-state index contributed by atoms with van der Waals surface area (Å²) >= 11 is 0. The number of rotatable bonds is 2. The van der Waals surface area contributed by atoms with Gasteiger partial charge in [-0.3, -0.25) is 0 Å². The summed E-state index contributed by atoms with van der Waals surface area (Å²) in [6.07, 6.45) is 4.19. The molecule has 0 aliphatic heterocycles. The van der Waals surface area contributed by atoms with Crippen molar-refractivity contribution >= 4 is 0 Å². The van der Waals surface area contributed by atoms with Crippen molar-refractivity contribution in [2.75, 3.05) is 0 Å². The van der Waals surface area contributed by atoms with E-state index in [4.69, 9.17) is 0 Å². The van der Waals surface area contributed by atoms with Crippen molar-refractivity contribution in [1.82, 2.24) is 0 Å². The van der Waals surface area contributed by atoms with Gasteiger partial charge in [-0.25, -0.2) is 0 Å². The minimum absolute atomic E-state index is 1.02. The summed E-state index contributed by atoms with van der Waals surface area (Å²) in [4.78, 5) is 0. The van der Waals surface area contributed by atoms with Gasteiger partial charge in [0.1, 0.15) is 0 Å². The first-order valence-electron chi connectivity index (χ1n) is 14.6. The second kappa shape index (κ2) is 6.72. The highest BCUT2D eigenvalue weighted by Crippen LogP contribution is 2.63. The van der Waals surface area contributed by atoms with Gasteiger partial charge in [-0.1, -0.05) is 91.0 Å². The Balaban J connectivity index is 1.25. The molecule has 0 N–H and O–H groups in total. The maximum Gasteiger partial charge on any atom is -0.000682 e. The van der Waals surface area contributed by atoms with Gasteiger partial charge in [-0.15, -0.1) is 0 Å². The van der Waals surface area contributed by atoms with Gasteiger partial charge in [0, 0.05) is 0 Å². The highest BCUT2D eigenvalue weighted by molar-refractivity contribution is 6.14. The van der Waals surface area contributed by atoms with Crippen LogP contribution in [0.4, 0.5) is 0 Å². The Morgan fingerprint density at radius 1 is 0.300 bits per heavy atom. The van der Waals surface area contributed by atoms with Gasteiger partial charge in [0.25, 0.3) is 0 Å². The van der Waals surface area contributed by atoms with E-state index < -0.39 is 0 Å². The van der Waals surface area contributed by atoms with Crippen molar-refractivity contribution in [1.29, 1.82) is 0 Å². The van der Waals surface area contributed by atoms with Crippen molar-refractivity contribution in [3.8, 4) is 66.8 Å². The van der Waals surface area contributed by atoms with Crippen LogP contribution in [0.5, 0.6) is 0 Å². The Morgan fingerprint density at radius 3 is 1.25 bits per heavy atom. The Bertz CT molecular complexity index is 2170. The SMILES string of the molecule is c1ccc(-c2ccc(-c3cc4c5c6c3Cc3ccc7c(c3-6)-c3c(ccc6c3-c3c(ccc(c3-5)C4)C6)C7)cc2)cc1. The molecule has 0 radical (unpaired) electrons. The predicted molar refractivity (Wildman–Crippen MR) is 164 cm³/mol. The summed E-state index contributed by atoms with van der Waals surface area (Å²) < 4.78 is 0. The first-order valence-corrected chi connectivity index (χ1v) is 14.6. The van der Waals surface area contributed by atoms with E-state index in [0.717, 1.165) is 25.7 Å². The van der Waals surface area contributed by atoms with E-state index in [1.165, 1.54) is 66.8 Å². The molecular formula is C40H24. The first-order chi connectivity index (χ1) is 19.8. The van der Waals surface area contributed by atoms with Crippen molar-refractivity contribution in [3.05, 3.63) is 142 Å². The Kier molecular flexibility index (Phi) is 3.40. The Hall–Kier alpha value is -4.68. The molecule has 5 aliphatic carbocycles. The molecule has 0 fully saturated rings. The molecule has 0 unspecified atom stereocenters. The Labute approximate surface area is 233 Å². The maximum atomic E-state index is 2.55. The number of hydrogen-bond acceptors (Lipinski definition) is 0. The lowest BCUT2D eigenvalue weighted by atomic mass is 9.80. The quantitative estimate of drug-likeness (QED) is 0.220. The summed E-state index contributed by atoms with van der Waals surface area (Å²) in [7, 11) is 0. The lowest BCUT2D eigenvalue weighted by Crippen LogP contribution is -1.98. The summed E-state index contributed by atoms with van der Waals surface area (Å²) in [5.41, 5.74) is 29.9. The van der Waals surface area contributed by atoms with Crippen LogP contribution in [0.1, 0.15) is 44.5 Å². The van der Waals surface area contributed by atoms with Gasteiger partial charge in [0.15, 0.2) is 0 Å². The molecule has 0 atom stereocenters. The summed E-state index contributed by atoms with van der Waals surface area (Å²) in [5, 5.41) is 0. The molecule has 6 aromatic rings. The molecule has 0 amide bonds. The lowest BCUT2D eigenvalue weighted by Gasteiger charge is -2.23. The van der Waals surface area contributed by atoms with Crippen molar-refractivity contribution in [2.24, 2.45) is 0 Å². The molecule has 0 heterocycles. The summed E-state index contributed by atoms with van der Waals surface area (Å²) in [6, 6.07) is 37.2. The molecule has 0 spiro atoms. The fourth-order valence-corrected chi connectivity index (χ4v) is 8.86. The van der Waals surface area contributed by atoms with Crippen LogP contribution in [0.2, 0.25) is 0 Å². The van der Waals surface area contributed by atoms with Crippen LogP contribution >= 0.6 is 0 Å². The van der Waals surface area contributed by atoms with E-state index in [1.54, 1.807) is 44.5 Å². The third kappa shape index (κ3) is 2.25. The van der Waals surface area contributed by atoms with Crippen LogP contribution in [0.15, 0.2) is 97.1 Å². The fourth-order valence-electron chi connectivity index (χ4n) is 8.86. The molecular weight excluding hydrogens is 480 g/mol. The molecule has 184 valence electrons. The molecule has 0 bridgehead atoms. The van der Waals surface area contributed by atoms with E-state index in [9.17, 15) is 0 Å². The summed E-state index contributed by atoms with van der Waals surface area (Å²) in [5.74, 6) is 0. The molecule has 5 aliphatic rings. The van der Waals surface area contributed by atoms with Gasteiger partial charge in [-0.2, -0.15) is 0 Å². The molecule has 0 saturated heterocycles. The van der Waals surface area contributed by atoms with Gasteiger partial charge in [0.05, 0.1) is 0 Å². The first kappa shape index (κ1) is 20.3. The minimum atomic E-state index is 1.02. The topological polar surface area (TPSA) is 0 Å². The summed E-state index contributed by atoms with van der Waals surface area (Å²) in [6.45, 7) is 0. The largest absolute Gasteiger partial charge is 0.0622 e. The molecule has 0 saturated carbocycles. The van der Waals surface area contributed by atoms with Gasteiger partial charge >= 0.3 is 0 Å². The Morgan fingerprint density at radius 2 is 0.700 bits per heavy atom. The molecule has 40 heavy (non-hydrogen) atoms. The van der Waals surface area contributed by atoms with Crippen molar-refractivity contribution in [3.63, 3.8) is 0 Å². The van der Waals surface area contributed by atoms with Crippen molar-refractivity contribution < 1.29 is 0 Å². The van der Waals surface area contributed by atoms with Gasteiger partial charge in [-0.05, 0) is 143 Å². The van der Waals surface area contributed by atoms with E-state index in [2.05, 4.69) is 97.1 Å². The van der Waals surface area contributed by atoms with Crippen LogP contribution in [0.3, 0.4) is 0 Å². The number of hydrogen-bond donors (Lipinski definition) is 0. The monoisotopic (exact) mass is 504 g/mol. The van der Waals surface area contributed by atoms with Crippen LogP contribution in [-0.2, 0) is 25.7 Å². The predicted octanol–water partition coefficient (Wildman–Crippen LogP) is 9.62. The van der Waals surface area contributed by atoms with E-state index in [-0.39, 0.29) is 0 Å². The highest BCUT2D eigenvalue weighted by atomic mass is 14.4. The van der Waals surface area contributed by atoms with E-state index in [1.807, 2.05) is 0 Å². The van der Waals surface area contributed by atoms with Crippen LogP contribution in [0.25, 0.3) is 66.8 Å². The molecule has 0 heteroatoms. The molecule has 11 rings (SSSR count). The van der Waals surface area contributed by atoms with Crippen LogP contribution in [-0.4, -0.2) is 0 Å². The van der Waals surface area contributed by atoms with E-state index in [0.29, 0.717) is 0 Å². The average molecular weight is 505 g/mol. The molecule has 0 aromatic heterocycles.